The summed E-state index contributed by atoms with van der Waals surface area (Å²) in [4.78, 5) is 0. The van der Waals surface area contributed by atoms with E-state index >= 15 is 0 Å². The van der Waals surface area contributed by atoms with Gasteiger partial charge in [-0.1, -0.05) is 47.5 Å². The molecule has 0 radical (unpaired) electrons. The van der Waals surface area contributed by atoms with Crippen LogP contribution in [0.25, 0.3) is 0 Å². The Morgan fingerprint density at radius 3 is 1.31 bits per heavy atom. The van der Waals surface area contributed by atoms with Crippen LogP contribution in [0.3, 0.4) is 0 Å². The molecule has 0 fully saturated rings. The second-order valence-electron chi connectivity index (χ2n) is 13.6. The molecule has 0 unspecified atom stereocenters. The molecule has 0 aromatic heterocycles. The van der Waals surface area contributed by atoms with Crippen LogP contribution in [0, 0.1) is 0 Å². The predicted molar refractivity (Wildman–Crippen MR) is 198 cm³/mol. The Labute approximate surface area is 320 Å². The van der Waals surface area contributed by atoms with Crippen LogP contribution < -0.4 is 20.9 Å². The number of rotatable bonds is 18. The van der Waals surface area contributed by atoms with Gasteiger partial charge in [-0.05, 0) is 124 Å². The molecule has 4 N–H and O–H groups in total. The largest absolute Gasteiger partial charge is 0.457 e. The first-order chi connectivity index (χ1) is 25.2. The summed E-state index contributed by atoms with van der Waals surface area (Å²) in [5.74, 6) is 0.654. The molecular formula is C38H41Cl2F6N2O5P. The summed E-state index contributed by atoms with van der Waals surface area (Å²) in [5, 5.41) is 0.779. The summed E-state index contributed by atoms with van der Waals surface area (Å²) >= 11 is 12.8. The van der Waals surface area contributed by atoms with Crippen molar-refractivity contribution in [3.05, 3.63) is 117 Å². The van der Waals surface area contributed by atoms with E-state index in [0.29, 0.717) is 60.1 Å². The van der Waals surface area contributed by atoms with Gasteiger partial charge in [0.05, 0.1) is 24.3 Å². The minimum absolute atomic E-state index is 0.0322. The molecule has 294 valence electrons. The maximum absolute atomic E-state index is 13.0. The Kier molecular flexibility index (Phi) is 14.9. The number of hydrogen-bond donors (Lipinski definition) is 2. The van der Waals surface area contributed by atoms with Gasteiger partial charge in [-0.2, -0.15) is 26.3 Å². The van der Waals surface area contributed by atoms with Crippen LogP contribution >= 0.6 is 31.5 Å². The fourth-order valence-corrected chi connectivity index (χ4v) is 6.84. The van der Waals surface area contributed by atoms with E-state index in [0.717, 1.165) is 35.4 Å². The van der Waals surface area contributed by atoms with Gasteiger partial charge in [-0.3, -0.25) is 4.57 Å². The Bertz CT molecular complexity index is 1760. The average molecular weight is 822 g/mol. The van der Waals surface area contributed by atoms with Gasteiger partial charge < -0.3 is 30.0 Å². The molecule has 0 aliphatic rings. The molecule has 7 nitrogen and oxygen atoms in total. The molecular weight excluding hydrogens is 780 g/mol. The standard InChI is InChI=1S/C38H41Cl2F6N2O5P/c1-35(47,17-5-7-25-13-15-31(21-33(25)39)52-29-11-3-9-27(19-29)37(41,42)43)23-50-54(49)51-24-36(2,48)18-6-8-26-14-16-32(22-34(26)40)53-30-12-4-10-28(20-30)38(44,45)46/h3-4,9-16,19-22,54H,5-8,17-18,23-24,47-48H2,1-2H3/t35-,36-/m1/s1. The second-order valence-corrected chi connectivity index (χ2v) is 15.5. The van der Waals surface area contributed by atoms with Crippen molar-refractivity contribution in [1.29, 1.82) is 0 Å². The van der Waals surface area contributed by atoms with Crippen molar-refractivity contribution in [2.24, 2.45) is 11.5 Å². The van der Waals surface area contributed by atoms with Gasteiger partial charge >= 0.3 is 20.6 Å². The van der Waals surface area contributed by atoms with Gasteiger partial charge in [0.1, 0.15) is 23.0 Å². The Balaban J connectivity index is 1.15. The van der Waals surface area contributed by atoms with Crippen LogP contribution in [0.2, 0.25) is 10.0 Å². The zero-order valence-corrected chi connectivity index (χ0v) is 32.0. The molecule has 0 saturated heterocycles. The monoisotopic (exact) mass is 820 g/mol. The molecule has 0 aliphatic heterocycles. The summed E-state index contributed by atoms with van der Waals surface area (Å²) in [7, 11) is -2.91. The summed E-state index contributed by atoms with van der Waals surface area (Å²) in [6.07, 6.45) is -5.65. The summed E-state index contributed by atoms with van der Waals surface area (Å²) in [6.45, 7) is 3.46. The normalized spacial score (nSPS) is 14.5. The molecule has 0 heterocycles. The second kappa shape index (κ2) is 18.6. The van der Waals surface area contributed by atoms with Crippen molar-refractivity contribution >= 4 is 31.5 Å². The molecule has 0 aliphatic carbocycles. The molecule has 0 spiro atoms. The molecule has 4 aromatic rings. The molecule has 16 heteroatoms. The smallest absolute Gasteiger partial charge is 0.416 e. The van der Waals surface area contributed by atoms with Gasteiger partial charge in [-0.15, -0.1) is 0 Å². The first-order valence-electron chi connectivity index (χ1n) is 16.8. The minimum Gasteiger partial charge on any atom is -0.457 e. The lowest BCUT2D eigenvalue weighted by Crippen LogP contribution is -2.41. The van der Waals surface area contributed by atoms with Crippen molar-refractivity contribution in [3.63, 3.8) is 0 Å². The van der Waals surface area contributed by atoms with E-state index < -0.39 is 42.8 Å². The molecule has 4 rings (SSSR count). The zero-order valence-electron chi connectivity index (χ0n) is 29.5. The van der Waals surface area contributed by atoms with Crippen LogP contribution in [-0.2, 0) is 38.8 Å². The van der Waals surface area contributed by atoms with E-state index in [1.165, 1.54) is 36.4 Å². The Morgan fingerprint density at radius 1 is 0.593 bits per heavy atom. The van der Waals surface area contributed by atoms with Gasteiger partial charge in [0.25, 0.3) is 0 Å². The molecule has 2 atom stereocenters. The molecule has 4 aromatic carbocycles. The van der Waals surface area contributed by atoms with Crippen molar-refractivity contribution in [1.82, 2.24) is 0 Å². The maximum atomic E-state index is 13.0. The topological polar surface area (TPSA) is 106 Å². The first kappa shape index (κ1) is 43.4. The predicted octanol–water partition coefficient (Wildman–Crippen LogP) is 11.8. The van der Waals surface area contributed by atoms with Crippen LogP contribution in [-0.4, -0.2) is 24.3 Å². The van der Waals surface area contributed by atoms with E-state index in [1.54, 1.807) is 38.1 Å². The van der Waals surface area contributed by atoms with E-state index in [9.17, 15) is 30.9 Å². The number of nitrogens with two attached hydrogens (primary N) is 2. The SMILES string of the molecule is C[C@@](N)(CCCc1ccc(Oc2cccc(C(F)(F)F)c2)cc1Cl)CO[PH](=O)OC[C@](C)(N)CCCc1ccc(Oc2cccc(C(F)(F)F)c2)cc1Cl. The van der Waals surface area contributed by atoms with Gasteiger partial charge in [0.15, 0.2) is 0 Å². The number of hydrogen-bond acceptors (Lipinski definition) is 7. The van der Waals surface area contributed by atoms with E-state index in [4.69, 9.17) is 53.2 Å². The molecule has 0 amide bonds. The number of benzene rings is 4. The highest BCUT2D eigenvalue weighted by Crippen LogP contribution is 2.36. The van der Waals surface area contributed by atoms with Crippen molar-refractivity contribution < 1.29 is 49.4 Å². The summed E-state index contributed by atoms with van der Waals surface area (Å²) < 4.78 is 113. The number of aryl methyl sites for hydroxylation is 2. The third-order valence-corrected chi connectivity index (χ3v) is 9.73. The lowest BCUT2D eigenvalue weighted by Gasteiger charge is -2.26. The fourth-order valence-electron chi connectivity index (χ4n) is 5.33. The molecule has 54 heavy (non-hydrogen) atoms. The quantitative estimate of drug-likeness (QED) is 0.0760. The summed E-state index contributed by atoms with van der Waals surface area (Å²) in [5.41, 5.74) is 11.1. The lowest BCUT2D eigenvalue weighted by molar-refractivity contribution is -0.138. The zero-order chi connectivity index (χ0) is 39.7. The summed E-state index contributed by atoms with van der Waals surface area (Å²) in [6, 6.07) is 18.9. The van der Waals surface area contributed by atoms with Gasteiger partial charge in [0.2, 0.25) is 0 Å². The highest BCUT2D eigenvalue weighted by molar-refractivity contribution is 7.33. The number of alkyl halides is 6. The lowest BCUT2D eigenvalue weighted by atomic mass is 9.95. The van der Waals surface area contributed by atoms with Gasteiger partial charge in [-0.25, -0.2) is 0 Å². The van der Waals surface area contributed by atoms with Crippen molar-refractivity contribution in [2.45, 2.75) is 75.8 Å². The number of halogens is 8. The number of ether oxygens (including phenoxy) is 2. The van der Waals surface area contributed by atoms with Crippen LogP contribution in [0.4, 0.5) is 26.3 Å². The third-order valence-electron chi connectivity index (χ3n) is 8.27. The Morgan fingerprint density at radius 2 is 0.963 bits per heavy atom. The highest BCUT2D eigenvalue weighted by Gasteiger charge is 2.31. The Hall–Kier alpha value is -3.29. The highest BCUT2D eigenvalue weighted by atomic mass is 35.5. The molecule has 0 saturated carbocycles. The van der Waals surface area contributed by atoms with Gasteiger partial charge in [0, 0.05) is 21.1 Å². The maximum Gasteiger partial charge on any atom is 0.416 e. The third kappa shape index (κ3) is 14.1. The first-order valence-corrected chi connectivity index (χ1v) is 18.8. The fraction of sp³-hybridized carbons (Fsp3) is 0.368. The van der Waals surface area contributed by atoms with E-state index in [1.807, 2.05) is 0 Å². The van der Waals surface area contributed by atoms with Crippen molar-refractivity contribution in [2.75, 3.05) is 13.2 Å². The average Bonchev–Trinajstić information content (AvgIpc) is 3.08. The van der Waals surface area contributed by atoms with Crippen molar-refractivity contribution in [3.8, 4) is 23.0 Å². The van der Waals surface area contributed by atoms with Crippen LogP contribution in [0.5, 0.6) is 23.0 Å². The van der Waals surface area contributed by atoms with Crippen LogP contribution in [0.15, 0.2) is 84.9 Å². The molecule has 0 bridgehead atoms. The van der Waals surface area contributed by atoms with Crippen LogP contribution in [0.1, 0.15) is 61.8 Å². The van der Waals surface area contributed by atoms with E-state index in [2.05, 4.69) is 0 Å². The van der Waals surface area contributed by atoms with E-state index in [-0.39, 0.29) is 24.7 Å². The minimum atomic E-state index is -4.49.